The highest BCUT2D eigenvalue weighted by Crippen LogP contribution is 2.24. The van der Waals surface area contributed by atoms with Crippen LogP contribution in [-0.4, -0.2) is 5.91 Å². The minimum Gasteiger partial charge on any atom is -0.326 e. The Morgan fingerprint density at radius 3 is 2.56 bits per heavy atom. The van der Waals surface area contributed by atoms with Crippen molar-refractivity contribution in [3.63, 3.8) is 0 Å². The molecule has 0 aliphatic heterocycles. The Labute approximate surface area is 97.1 Å². The van der Waals surface area contributed by atoms with Crippen LogP contribution >= 0.6 is 0 Å². The zero-order valence-corrected chi connectivity index (χ0v) is 10.0. The van der Waals surface area contributed by atoms with Gasteiger partial charge in [-0.25, -0.2) is 0 Å². The van der Waals surface area contributed by atoms with Crippen molar-refractivity contribution in [3.8, 4) is 0 Å². The summed E-state index contributed by atoms with van der Waals surface area (Å²) < 4.78 is 0. The van der Waals surface area contributed by atoms with E-state index in [0.29, 0.717) is 0 Å². The van der Waals surface area contributed by atoms with Crippen LogP contribution in [-0.2, 0) is 17.6 Å². The second-order valence-corrected chi connectivity index (χ2v) is 4.83. The van der Waals surface area contributed by atoms with Gasteiger partial charge in [0, 0.05) is 11.6 Å². The van der Waals surface area contributed by atoms with Crippen LogP contribution in [0.25, 0.3) is 0 Å². The molecule has 0 spiro atoms. The monoisotopic (exact) mass is 217 g/mol. The molecular weight excluding hydrogens is 198 g/mol. The molecule has 1 N–H and O–H groups in total. The highest BCUT2D eigenvalue weighted by atomic mass is 16.1. The molecule has 1 aliphatic carbocycles. The van der Waals surface area contributed by atoms with Gasteiger partial charge in [-0.05, 0) is 48.9 Å². The lowest BCUT2D eigenvalue weighted by Crippen LogP contribution is -2.18. The van der Waals surface area contributed by atoms with Crippen LogP contribution < -0.4 is 5.32 Å². The first kappa shape index (κ1) is 11.2. The molecule has 86 valence electrons. The molecule has 0 saturated heterocycles. The number of carbonyl (C=O) groups excluding carboxylic acids is 1. The lowest BCUT2D eigenvalue weighted by atomic mass is 9.91. The molecule has 0 unspecified atom stereocenters. The maximum absolute atomic E-state index is 11.6. The normalized spacial score (nSPS) is 14.7. The van der Waals surface area contributed by atoms with E-state index in [1.165, 1.54) is 30.4 Å². The minimum atomic E-state index is 0.0380. The van der Waals surface area contributed by atoms with Crippen molar-refractivity contribution >= 4 is 11.6 Å². The second-order valence-electron chi connectivity index (χ2n) is 4.83. The summed E-state index contributed by atoms with van der Waals surface area (Å²) in [5.41, 5.74) is 3.81. The Morgan fingerprint density at radius 1 is 1.19 bits per heavy atom. The first-order valence-corrected chi connectivity index (χ1v) is 6.09. The van der Waals surface area contributed by atoms with Gasteiger partial charge in [0.15, 0.2) is 0 Å². The van der Waals surface area contributed by atoms with Gasteiger partial charge in [0.25, 0.3) is 0 Å². The average molecular weight is 217 g/mol. The van der Waals surface area contributed by atoms with E-state index in [-0.39, 0.29) is 11.8 Å². The van der Waals surface area contributed by atoms with Crippen molar-refractivity contribution in [2.45, 2.75) is 39.5 Å². The van der Waals surface area contributed by atoms with Gasteiger partial charge in [-0.1, -0.05) is 19.9 Å². The van der Waals surface area contributed by atoms with E-state index in [4.69, 9.17) is 0 Å². The fourth-order valence-corrected chi connectivity index (χ4v) is 2.10. The maximum Gasteiger partial charge on any atom is 0.226 e. The predicted molar refractivity (Wildman–Crippen MR) is 66.6 cm³/mol. The van der Waals surface area contributed by atoms with Gasteiger partial charge < -0.3 is 5.32 Å². The molecular formula is C14H19NO. The van der Waals surface area contributed by atoms with Crippen molar-refractivity contribution in [2.75, 3.05) is 5.32 Å². The van der Waals surface area contributed by atoms with E-state index in [0.717, 1.165) is 12.1 Å². The van der Waals surface area contributed by atoms with E-state index in [2.05, 4.69) is 17.4 Å². The van der Waals surface area contributed by atoms with E-state index in [1.54, 1.807) is 0 Å². The van der Waals surface area contributed by atoms with Gasteiger partial charge in [0.1, 0.15) is 0 Å². The number of nitrogens with one attached hydrogen (secondary N) is 1. The zero-order valence-electron chi connectivity index (χ0n) is 10.0. The Bertz CT molecular complexity index is 396. The summed E-state index contributed by atoms with van der Waals surface area (Å²) in [4.78, 5) is 11.6. The number of carbonyl (C=O) groups is 1. The molecule has 0 radical (unpaired) electrons. The van der Waals surface area contributed by atoms with E-state index in [9.17, 15) is 4.79 Å². The SMILES string of the molecule is CC(C)C(=O)Nc1ccc2c(c1)CCCC2. The molecule has 0 atom stereocenters. The van der Waals surface area contributed by atoms with Crippen LogP contribution in [0.15, 0.2) is 18.2 Å². The van der Waals surface area contributed by atoms with Crippen LogP contribution in [0.1, 0.15) is 37.8 Å². The summed E-state index contributed by atoms with van der Waals surface area (Å²) in [5.74, 6) is 0.131. The smallest absolute Gasteiger partial charge is 0.226 e. The number of anilines is 1. The van der Waals surface area contributed by atoms with Crippen LogP contribution in [0.4, 0.5) is 5.69 Å². The van der Waals surface area contributed by atoms with Crippen molar-refractivity contribution in [1.82, 2.24) is 0 Å². The lowest BCUT2D eigenvalue weighted by Gasteiger charge is -2.17. The fraction of sp³-hybridized carbons (Fsp3) is 0.500. The van der Waals surface area contributed by atoms with Crippen LogP contribution in [0.5, 0.6) is 0 Å². The summed E-state index contributed by atoms with van der Waals surface area (Å²) in [6.07, 6.45) is 4.91. The van der Waals surface area contributed by atoms with Crippen molar-refractivity contribution in [3.05, 3.63) is 29.3 Å². The van der Waals surface area contributed by atoms with Gasteiger partial charge in [0.05, 0.1) is 0 Å². The second kappa shape index (κ2) is 4.69. The highest BCUT2D eigenvalue weighted by Gasteiger charge is 2.11. The molecule has 2 nitrogen and oxygen atoms in total. The van der Waals surface area contributed by atoms with Gasteiger partial charge in [0.2, 0.25) is 5.91 Å². The molecule has 0 fully saturated rings. The highest BCUT2D eigenvalue weighted by molar-refractivity contribution is 5.92. The first-order valence-electron chi connectivity index (χ1n) is 6.09. The summed E-state index contributed by atoms with van der Waals surface area (Å²) in [7, 11) is 0. The number of benzene rings is 1. The molecule has 0 bridgehead atoms. The lowest BCUT2D eigenvalue weighted by molar-refractivity contribution is -0.118. The Morgan fingerprint density at radius 2 is 1.88 bits per heavy atom. The molecule has 0 heterocycles. The third-order valence-electron chi connectivity index (χ3n) is 3.14. The van der Waals surface area contributed by atoms with E-state index in [1.807, 2.05) is 19.9 Å². The van der Waals surface area contributed by atoms with Gasteiger partial charge in [-0.15, -0.1) is 0 Å². The van der Waals surface area contributed by atoms with Gasteiger partial charge >= 0.3 is 0 Å². The quantitative estimate of drug-likeness (QED) is 0.810. The molecule has 1 aromatic rings. The number of rotatable bonds is 2. The van der Waals surface area contributed by atoms with E-state index >= 15 is 0 Å². The molecule has 16 heavy (non-hydrogen) atoms. The molecule has 2 rings (SSSR count). The molecule has 1 amide bonds. The molecule has 2 heteroatoms. The molecule has 0 aromatic heterocycles. The zero-order chi connectivity index (χ0) is 11.5. The number of amides is 1. The van der Waals surface area contributed by atoms with Crippen LogP contribution in [0.2, 0.25) is 0 Å². The summed E-state index contributed by atoms with van der Waals surface area (Å²) in [6.45, 7) is 3.82. The van der Waals surface area contributed by atoms with Gasteiger partial charge in [-0.2, -0.15) is 0 Å². The van der Waals surface area contributed by atoms with Crippen molar-refractivity contribution < 1.29 is 4.79 Å². The van der Waals surface area contributed by atoms with E-state index < -0.39 is 0 Å². The first-order chi connectivity index (χ1) is 7.66. The number of hydrogen-bond donors (Lipinski definition) is 1. The Hall–Kier alpha value is -1.31. The number of fused-ring (bicyclic) bond motifs is 1. The van der Waals surface area contributed by atoms with Crippen LogP contribution in [0, 0.1) is 5.92 Å². The third-order valence-corrected chi connectivity index (χ3v) is 3.14. The molecule has 1 aliphatic rings. The fourth-order valence-electron chi connectivity index (χ4n) is 2.10. The largest absolute Gasteiger partial charge is 0.326 e. The van der Waals surface area contributed by atoms with Crippen molar-refractivity contribution in [1.29, 1.82) is 0 Å². The minimum absolute atomic E-state index is 0.0380. The van der Waals surface area contributed by atoms with Gasteiger partial charge in [-0.3, -0.25) is 4.79 Å². The standard InChI is InChI=1S/C14H19NO/c1-10(2)14(16)15-13-8-7-11-5-3-4-6-12(11)9-13/h7-10H,3-6H2,1-2H3,(H,15,16). The molecule has 0 saturated carbocycles. The maximum atomic E-state index is 11.6. The summed E-state index contributed by atoms with van der Waals surface area (Å²) in [5, 5.41) is 2.95. The summed E-state index contributed by atoms with van der Waals surface area (Å²) in [6, 6.07) is 6.31. The topological polar surface area (TPSA) is 29.1 Å². The average Bonchev–Trinajstić information content (AvgIpc) is 2.28. The number of aryl methyl sites for hydroxylation is 2. The summed E-state index contributed by atoms with van der Waals surface area (Å²) >= 11 is 0. The Kier molecular flexibility index (Phi) is 3.28. The molecule has 1 aromatic carbocycles. The van der Waals surface area contributed by atoms with Crippen molar-refractivity contribution in [2.24, 2.45) is 5.92 Å². The van der Waals surface area contributed by atoms with Crippen LogP contribution in [0.3, 0.4) is 0 Å². The Balaban J connectivity index is 2.14. The number of hydrogen-bond acceptors (Lipinski definition) is 1. The third kappa shape index (κ3) is 2.43. The predicted octanol–water partition coefficient (Wildman–Crippen LogP) is 3.16.